The summed E-state index contributed by atoms with van der Waals surface area (Å²) in [5, 5.41) is 3.51. The Labute approximate surface area is 120 Å². The van der Waals surface area contributed by atoms with Gasteiger partial charge < -0.3 is 10.1 Å². The van der Waals surface area contributed by atoms with Crippen LogP contribution in [0.25, 0.3) is 0 Å². The highest BCUT2D eigenvalue weighted by Crippen LogP contribution is 2.38. The molecule has 1 heterocycles. The number of hydrogen-bond donors (Lipinski definition) is 1. The molecule has 0 aliphatic carbocycles. The summed E-state index contributed by atoms with van der Waals surface area (Å²) in [4.78, 5) is 0. The SMILES string of the molecule is Cc1cc(C)cc(C2CNc3cc(C)cc(C)c3O2)c1. The third-order valence-corrected chi connectivity index (χ3v) is 3.77. The molecule has 0 spiro atoms. The quantitative estimate of drug-likeness (QED) is 0.823. The number of hydrogen-bond acceptors (Lipinski definition) is 2. The summed E-state index contributed by atoms with van der Waals surface area (Å²) in [6.07, 6.45) is 0.0857. The fourth-order valence-corrected chi connectivity index (χ4v) is 3.01. The van der Waals surface area contributed by atoms with Crippen LogP contribution in [0.5, 0.6) is 5.75 Å². The Morgan fingerprint density at radius 3 is 2.25 bits per heavy atom. The van der Waals surface area contributed by atoms with E-state index in [0.29, 0.717) is 0 Å². The van der Waals surface area contributed by atoms with Gasteiger partial charge in [0, 0.05) is 0 Å². The van der Waals surface area contributed by atoms with E-state index >= 15 is 0 Å². The third-order valence-electron chi connectivity index (χ3n) is 3.77. The third kappa shape index (κ3) is 2.38. The van der Waals surface area contributed by atoms with Crippen LogP contribution in [0.2, 0.25) is 0 Å². The average molecular weight is 267 g/mol. The first-order valence-corrected chi connectivity index (χ1v) is 7.13. The zero-order valence-electron chi connectivity index (χ0n) is 12.6. The summed E-state index contributed by atoms with van der Waals surface area (Å²) < 4.78 is 6.25. The smallest absolute Gasteiger partial charge is 0.146 e. The molecule has 0 fully saturated rings. The molecule has 2 heteroatoms. The molecule has 1 aliphatic rings. The zero-order valence-corrected chi connectivity index (χ0v) is 12.6. The van der Waals surface area contributed by atoms with Crippen molar-refractivity contribution in [2.45, 2.75) is 33.8 Å². The largest absolute Gasteiger partial charge is 0.481 e. The normalized spacial score (nSPS) is 17.1. The molecule has 1 unspecified atom stereocenters. The molecule has 1 N–H and O–H groups in total. The van der Waals surface area contributed by atoms with E-state index in [4.69, 9.17) is 4.74 Å². The average Bonchev–Trinajstić information content (AvgIpc) is 2.37. The minimum absolute atomic E-state index is 0.0857. The number of rotatable bonds is 1. The van der Waals surface area contributed by atoms with Crippen LogP contribution in [-0.2, 0) is 0 Å². The van der Waals surface area contributed by atoms with Crippen LogP contribution in [0, 0.1) is 27.7 Å². The summed E-state index contributed by atoms with van der Waals surface area (Å²) >= 11 is 0. The Kier molecular flexibility index (Phi) is 3.17. The van der Waals surface area contributed by atoms with Crippen molar-refractivity contribution in [2.75, 3.05) is 11.9 Å². The molecule has 104 valence electrons. The zero-order chi connectivity index (χ0) is 14.3. The number of aryl methyl sites for hydroxylation is 4. The van der Waals surface area contributed by atoms with Crippen LogP contribution in [-0.4, -0.2) is 6.54 Å². The molecule has 0 saturated heterocycles. The molecule has 0 saturated carbocycles. The van der Waals surface area contributed by atoms with Crippen molar-refractivity contribution in [1.29, 1.82) is 0 Å². The second-order valence-electron chi connectivity index (χ2n) is 5.87. The summed E-state index contributed by atoms with van der Waals surface area (Å²) in [5.41, 5.74) is 7.40. The Hall–Kier alpha value is -1.96. The summed E-state index contributed by atoms with van der Waals surface area (Å²) in [6, 6.07) is 11.0. The van der Waals surface area contributed by atoms with Crippen LogP contribution in [0.4, 0.5) is 5.69 Å². The summed E-state index contributed by atoms with van der Waals surface area (Å²) in [6.45, 7) is 9.31. The van der Waals surface area contributed by atoms with Gasteiger partial charge in [-0.2, -0.15) is 0 Å². The lowest BCUT2D eigenvalue weighted by Gasteiger charge is -2.29. The van der Waals surface area contributed by atoms with Gasteiger partial charge in [0.05, 0.1) is 12.2 Å². The van der Waals surface area contributed by atoms with Gasteiger partial charge in [-0.1, -0.05) is 35.4 Å². The Morgan fingerprint density at radius 2 is 1.55 bits per heavy atom. The fraction of sp³-hybridized carbons (Fsp3) is 0.333. The molecule has 0 bridgehead atoms. The fourth-order valence-electron chi connectivity index (χ4n) is 3.01. The second-order valence-corrected chi connectivity index (χ2v) is 5.87. The van der Waals surface area contributed by atoms with E-state index < -0.39 is 0 Å². The molecule has 0 radical (unpaired) electrons. The molecule has 2 nitrogen and oxygen atoms in total. The number of nitrogens with one attached hydrogen (secondary N) is 1. The van der Waals surface area contributed by atoms with Crippen molar-refractivity contribution >= 4 is 5.69 Å². The van der Waals surface area contributed by atoms with Crippen molar-refractivity contribution in [3.8, 4) is 5.75 Å². The van der Waals surface area contributed by atoms with Crippen molar-refractivity contribution in [1.82, 2.24) is 0 Å². The number of ether oxygens (including phenoxy) is 1. The van der Waals surface area contributed by atoms with E-state index in [9.17, 15) is 0 Å². The minimum Gasteiger partial charge on any atom is -0.481 e. The Bertz CT molecular complexity index is 640. The van der Waals surface area contributed by atoms with Gasteiger partial charge in [-0.15, -0.1) is 0 Å². The lowest BCUT2D eigenvalue weighted by Crippen LogP contribution is -2.24. The standard InChI is InChI=1S/C18H21NO/c1-11-5-12(2)8-15(7-11)17-10-19-16-9-13(3)6-14(4)18(16)20-17/h5-9,17,19H,10H2,1-4H3. The first kappa shape index (κ1) is 13.0. The van der Waals surface area contributed by atoms with Crippen molar-refractivity contribution < 1.29 is 4.74 Å². The van der Waals surface area contributed by atoms with Crippen LogP contribution in [0.15, 0.2) is 30.3 Å². The van der Waals surface area contributed by atoms with Crippen LogP contribution < -0.4 is 10.1 Å². The second kappa shape index (κ2) is 4.86. The van der Waals surface area contributed by atoms with Crippen molar-refractivity contribution in [2.24, 2.45) is 0 Å². The van der Waals surface area contributed by atoms with E-state index in [1.165, 1.54) is 27.8 Å². The Morgan fingerprint density at radius 1 is 0.900 bits per heavy atom. The van der Waals surface area contributed by atoms with Gasteiger partial charge >= 0.3 is 0 Å². The maximum atomic E-state index is 6.25. The van der Waals surface area contributed by atoms with E-state index in [1.807, 2.05) is 0 Å². The van der Waals surface area contributed by atoms with Crippen LogP contribution in [0.1, 0.15) is 33.9 Å². The highest BCUT2D eigenvalue weighted by atomic mass is 16.5. The van der Waals surface area contributed by atoms with Crippen LogP contribution in [0.3, 0.4) is 0 Å². The summed E-state index contributed by atoms with van der Waals surface area (Å²) in [7, 11) is 0. The number of benzene rings is 2. The highest BCUT2D eigenvalue weighted by Gasteiger charge is 2.22. The van der Waals surface area contributed by atoms with Gasteiger partial charge in [0.25, 0.3) is 0 Å². The van der Waals surface area contributed by atoms with Gasteiger partial charge in [-0.3, -0.25) is 0 Å². The lowest BCUT2D eigenvalue weighted by atomic mass is 10.0. The maximum Gasteiger partial charge on any atom is 0.146 e. The molecule has 3 rings (SSSR count). The molecule has 1 aliphatic heterocycles. The van der Waals surface area contributed by atoms with Gasteiger partial charge in [0.2, 0.25) is 0 Å². The topological polar surface area (TPSA) is 21.3 Å². The van der Waals surface area contributed by atoms with Crippen LogP contribution >= 0.6 is 0 Å². The van der Waals surface area contributed by atoms with E-state index in [1.54, 1.807) is 0 Å². The van der Waals surface area contributed by atoms with Gasteiger partial charge in [0.1, 0.15) is 11.9 Å². The molecule has 20 heavy (non-hydrogen) atoms. The predicted octanol–water partition coefficient (Wildman–Crippen LogP) is 4.47. The molecule has 0 aromatic heterocycles. The predicted molar refractivity (Wildman–Crippen MR) is 83.7 cm³/mol. The lowest BCUT2D eigenvalue weighted by molar-refractivity contribution is 0.209. The first-order valence-electron chi connectivity index (χ1n) is 7.13. The van der Waals surface area contributed by atoms with Gasteiger partial charge in [-0.05, 0) is 50.5 Å². The molecule has 2 aromatic carbocycles. The minimum atomic E-state index is 0.0857. The molecule has 1 atom stereocenters. The van der Waals surface area contributed by atoms with Crippen molar-refractivity contribution in [3.63, 3.8) is 0 Å². The Balaban J connectivity index is 1.96. The molecule has 0 amide bonds. The highest BCUT2D eigenvalue weighted by molar-refractivity contribution is 5.63. The number of fused-ring (bicyclic) bond motifs is 1. The maximum absolute atomic E-state index is 6.25. The number of anilines is 1. The van der Waals surface area contributed by atoms with Gasteiger partial charge in [0.15, 0.2) is 0 Å². The van der Waals surface area contributed by atoms with Gasteiger partial charge in [-0.25, -0.2) is 0 Å². The molecular formula is C18H21NO. The molecule has 2 aromatic rings. The first-order chi connectivity index (χ1) is 9.52. The van der Waals surface area contributed by atoms with E-state index in [0.717, 1.165) is 18.0 Å². The van der Waals surface area contributed by atoms with E-state index in [-0.39, 0.29) is 6.10 Å². The summed E-state index contributed by atoms with van der Waals surface area (Å²) in [5.74, 6) is 0.992. The molecular weight excluding hydrogens is 246 g/mol. The monoisotopic (exact) mass is 267 g/mol. The van der Waals surface area contributed by atoms with Crippen molar-refractivity contribution in [3.05, 3.63) is 58.1 Å². The van der Waals surface area contributed by atoms with E-state index in [2.05, 4.69) is 63.3 Å².